The number of furan rings is 1. The van der Waals surface area contributed by atoms with Crippen LogP contribution in [0.5, 0.6) is 0 Å². The van der Waals surface area contributed by atoms with Gasteiger partial charge < -0.3 is 4.42 Å². The third kappa shape index (κ3) is 1.21. The van der Waals surface area contributed by atoms with Crippen LogP contribution in [0.25, 0.3) is 0 Å². The maximum Gasteiger partial charge on any atom is 0.229 e. The summed E-state index contributed by atoms with van der Waals surface area (Å²) in [6.45, 7) is 5.26. The summed E-state index contributed by atoms with van der Waals surface area (Å²) in [6, 6.07) is 0. The van der Waals surface area contributed by atoms with E-state index in [9.17, 15) is 9.59 Å². The molecule has 0 aliphatic heterocycles. The molecule has 0 N–H and O–H groups in total. The summed E-state index contributed by atoms with van der Waals surface area (Å²) < 4.78 is 5.16. The molecule has 0 fully saturated rings. The quantitative estimate of drug-likeness (QED) is 0.626. The first-order valence-corrected chi connectivity index (χ1v) is 5.12. The van der Waals surface area contributed by atoms with E-state index in [1.807, 2.05) is 0 Å². The number of hydrogen-bond acceptors (Lipinski definition) is 3. The van der Waals surface area contributed by atoms with Gasteiger partial charge in [0.1, 0.15) is 0 Å². The minimum absolute atomic E-state index is 0.128. The van der Waals surface area contributed by atoms with Crippen LogP contribution in [0.4, 0.5) is 0 Å². The third-order valence-electron chi connectivity index (χ3n) is 2.77. The second-order valence-electron chi connectivity index (χ2n) is 3.69. The average Bonchev–Trinajstić information content (AvgIpc) is 2.65. The minimum atomic E-state index is -0.210. The molecule has 3 heteroatoms. The van der Waals surface area contributed by atoms with E-state index in [1.54, 1.807) is 32.9 Å². The fraction of sp³-hybridized carbons (Fsp3) is 0.231. The lowest BCUT2D eigenvalue weighted by Gasteiger charge is -2.15. The number of fused-ring (bicyclic) bond motifs is 1. The van der Waals surface area contributed by atoms with Gasteiger partial charge in [-0.15, -0.1) is 0 Å². The van der Waals surface area contributed by atoms with E-state index in [-0.39, 0.29) is 17.3 Å². The first-order valence-electron chi connectivity index (χ1n) is 5.12. The van der Waals surface area contributed by atoms with Gasteiger partial charge in [-0.05, 0) is 26.3 Å². The van der Waals surface area contributed by atoms with E-state index in [0.717, 1.165) is 0 Å². The van der Waals surface area contributed by atoms with Gasteiger partial charge in [-0.2, -0.15) is 0 Å². The summed E-state index contributed by atoms with van der Waals surface area (Å²) in [5.74, 6) is -0.170. The Bertz CT molecular complexity index is 542. The summed E-state index contributed by atoms with van der Waals surface area (Å²) in [5.41, 5.74) is 2.01. The number of allylic oxidation sites excluding steroid dienone is 4. The molecule has 0 saturated heterocycles. The Morgan fingerprint density at radius 3 is 2.19 bits per heavy atom. The lowest BCUT2D eigenvalue weighted by atomic mass is 9.85. The van der Waals surface area contributed by atoms with Crippen molar-refractivity contribution in [3.63, 3.8) is 0 Å². The predicted octanol–water partition coefficient (Wildman–Crippen LogP) is 2.86. The van der Waals surface area contributed by atoms with Gasteiger partial charge in [-0.1, -0.05) is 12.2 Å². The molecule has 3 nitrogen and oxygen atoms in total. The second-order valence-corrected chi connectivity index (χ2v) is 3.69. The van der Waals surface area contributed by atoms with Crippen LogP contribution in [0.2, 0.25) is 0 Å². The van der Waals surface area contributed by atoms with E-state index in [4.69, 9.17) is 4.42 Å². The van der Waals surface area contributed by atoms with Crippen molar-refractivity contribution in [2.24, 2.45) is 0 Å². The molecule has 0 amide bonds. The Labute approximate surface area is 93.4 Å². The molecule has 0 atom stereocenters. The molecule has 82 valence electrons. The Morgan fingerprint density at radius 1 is 1.06 bits per heavy atom. The maximum atomic E-state index is 12.1. The Balaban J connectivity index is 2.77. The lowest BCUT2D eigenvalue weighted by molar-refractivity contribution is 0.0953. The molecular weight excluding hydrogens is 204 g/mol. The number of rotatable bonds is 0. The van der Waals surface area contributed by atoms with Gasteiger partial charge in [-0.3, -0.25) is 9.59 Å². The molecule has 0 aromatic carbocycles. The van der Waals surface area contributed by atoms with E-state index >= 15 is 0 Å². The number of hydrogen-bond donors (Lipinski definition) is 0. The van der Waals surface area contributed by atoms with Crippen molar-refractivity contribution < 1.29 is 14.0 Å². The van der Waals surface area contributed by atoms with Crippen molar-refractivity contribution in [3.05, 3.63) is 46.4 Å². The van der Waals surface area contributed by atoms with Crippen LogP contribution in [0.15, 0.2) is 34.0 Å². The minimum Gasteiger partial charge on any atom is -0.460 e. The molecule has 0 unspecified atom stereocenters. The number of carbonyl (C=O) groups is 2. The Kier molecular flexibility index (Phi) is 2.38. The number of carbonyl (C=O) groups excluding carboxylic acids is 2. The highest BCUT2D eigenvalue weighted by molar-refractivity contribution is 6.30. The summed E-state index contributed by atoms with van der Waals surface area (Å²) in [6.07, 6.45) is 4.77. The van der Waals surface area contributed by atoms with E-state index in [0.29, 0.717) is 22.3 Å². The van der Waals surface area contributed by atoms with Crippen LogP contribution in [0, 0.1) is 6.92 Å². The average molecular weight is 216 g/mol. The molecule has 16 heavy (non-hydrogen) atoms. The number of aryl methyl sites for hydroxylation is 1. The second kappa shape index (κ2) is 3.59. The van der Waals surface area contributed by atoms with Crippen molar-refractivity contribution >= 4 is 11.6 Å². The first-order chi connectivity index (χ1) is 7.61. The molecule has 1 aromatic heterocycles. The standard InChI is InChI=1S/C13H12O3/c1-4-8-9(5-2)12(15)13-10(11(8)14)7(3)6-16-13/h4-6H,1-3H3/b8-4+,9-5+. The van der Waals surface area contributed by atoms with E-state index in [2.05, 4.69) is 0 Å². The fourth-order valence-corrected chi connectivity index (χ4v) is 1.97. The Morgan fingerprint density at radius 2 is 1.62 bits per heavy atom. The van der Waals surface area contributed by atoms with Gasteiger partial charge in [0.2, 0.25) is 5.78 Å². The molecule has 0 radical (unpaired) electrons. The van der Waals surface area contributed by atoms with Crippen molar-refractivity contribution in [1.82, 2.24) is 0 Å². The van der Waals surface area contributed by atoms with Crippen LogP contribution in [-0.4, -0.2) is 11.6 Å². The number of Topliss-reactive ketones (excluding diaryl/α,β-unsaturated/α-hetero) is 2. The van der Waals surface area contributed by atoms with Crippen molar-refractivity contribution in [3.8, 4) is 0 Å². The lowest BCUT2D eigenvalue weighted by Crippen LogP contribution is -2.21. The van der Waals surface area contributed by atoms with Gasteiger partial charge in [0, 0.05) is 11.1 Å². The zero-order chi connectivity index (χ0) is 11.9. The monoisotopic (exact) mass is 216 g/mol. The molecule has 1 aliphatic rings. The molecule has 0 spiro atoms. The number of ketones is 2. The molecule has 0 saturated carbocycles. The van der Waals surface area contributed by atoms with Crippen LogP contribution < -0.4 is 0 Å². The Hall–Kier alpha value is -1.90. The van der Waals surface area contributed by atoms with Crippen LogP contribution >= 0.6 is 0 Å². The molecule has 1 heterocycles. The summed E-state index contributed by atoms with van der Waals surface area (Å²) in [4.78, 5) is 24.1. The highest BCUT2D eigenvalue weighted by Gasteiger charge is 2.35. The molecule has 2 rings (SSSR count). The predicted molar refractivity (Wildman–Crippen MR) is 59.6 cm³/mol. The van der Waals surface area contributed by atoms with Crippen molar-refractivity contribution in [2.75, 3.05) is 0 Å². The topological polar surface area (TPSA) is 47.3 Å². The molecule has 0 bridgehead atoms. The van der Waals surface area contributed by atoms with Gasteiger partial charge in [0.05, 0.1) is 11.8 Å². The highest BCUT2D eigenvalue weighted by Crippen LogP contribution is 2.32. The summed E-state index contributed by atoms with van der Waals surface area (Å²) >= 11 is 0. The third-order valence-corrected chi connectivity index (χ3v) is 2.77. The maximum absolute atomic E-state index is 12.1. The molecule has 1 aromatic rings. The molecule has 1 aliphatic carbocycles. The zero-order valence-corrected chi connectivity index (χ0v) is 9.46. The molecular formula is C13H12O3. The largest absolute Gasteiger partial charge is 0.460 e. The normalized spacial score (nSPS) is 20.7. The highest BCUT2D eigenvalue weighted by atomic mass is 16.3. The summed E-state index contributed by atoms with van der Waals surface area (Å²) in [7, 11) is 0. The first kappa shape index (κ1) is 10.6. The van der Waals surface area contributed by atoms with Crippen molar-refractivity contribution in [1.29, 1.82) is 0 Å². The van der Waals surface area contributed by atoms with Gasteiger partial charge in [0.15, 0.2) is 11.5 Å². The summed E-state index contributed by atoms with van der Waals surface area (Å²) in [5, 5.41) is 0. The van der Waals surface area contributed by atoms with Crippen molar-refractivity contribution in [2.45, 2.75) is 20.8 Å². The van der Waals surface area contributed by atoms with Gasteiger partial charge in [-0.25, -0.2) is 0 Å². The van der Waals surface area contributed by atoms with E-state index in [1.165, 1.54) is 6.26 Å². The SMILES string of the molecule is C/C=C1/C(=O)c2occ(C)c2C(=O)/C1=C/C. The smallest absolute Gasteiger partial charge is 0.229 e. The van der Waals surface area contributed by atoms with Crippen LogP contribution in [-0.2, 0) is 0 Å². The zero-order valence-electron chi connectivity index (χ0n) is 9.46. The van der Waals surface area contributed by atoms with Crippen LogP contribution in [0.3, 0.4) is 0 Å². The van der Waals surface area contributed by atoms with Gasteiger partial charge in [0.25, 0.3) is 0 Å². The van der Waals surface area contributed by atoms with Crippen LogP contribution in [0.1, 0.15) is 40.3 Å². The van der Waals surface area contributed by atoms with Gasteiger partial charge >= 0.3 is 0 Å². The fourth-order valence-electron chi connectivity index (χ4n) is 1.97. The van der Waals surface area contributed by atoms with E-state index < -0.39 is 0 Å².